The summed E-state index contributed by atoms with van der Waals surface area (Å²) in [7, 11) is 0. The molecule has 3 heterocycles. The number of pyridine rings is 1. The molecule has 1 atom stereocenters. The highest BCUT2D eigenvalue weighted by molar-refractivity contribution is 5.92. The summed E-state index contributed by atoms with van der Waals surface area (Å²) in [6.07, 6.45) is 5.06. The van der Waals surface area contributed by atoms with E-state index in [4.69, 9.17) is 0 Å². The first-order chi connectivity index (χ1) is 14.2. The highest BCUT2D eigenvalue weighted by Gasteiger charge is 2.30. The Kier molecular flexibility index (Phi) is 5.60. The van der Waals surface area contributed by atoms with Crippen molar-refractivity contribution in [1.29, 1.82) is 0 Å². The fourth-order valence-electron chi connectivity index (χ4n) is 3.51. The molecule has 8 heteroatoms. The molecule has 1 aromatic carbocycles. The van der Waals surface area contributed by atoms with Crippen LogP contribution in [0.1, 0.15) is 39.4 Å². The second-order valence-electron chi connectivity index (χ2n) is 7.00. The van der Waals surface area contributed by atoms with Crippen molar-refractivity contribution < 1.29 is 9.59 Å². The number of hydrogen-bond acceptors (Lipinski definition) is 5. The third kappa shape index (κ3) is 4.48. The molecule has 1 fully saturated rings. The maximum Gasteiger partial charge on any atom is 0.273 e. The average molecular weight is 390 g/mol. The van der Waals surface area contributed by atoms with Gasteiger partial charge in [0.15, 0.2) is 5.69 Å². The monoisotopic (exact) mass is 390 g/mol. The van der Waals surface area contributed by atoms with Crippen molar-refractivity contribution in [2.24, 2.45) is 0 Å². The van der Waals surface area contributed by atoms with Crippen LogP contribution in [0.25, 0.3) is 0 Å². The smallest absolute Gasteiger partial charge is 0.273 e. The van der Waals surface area contributed by atoms with Gasteiger partial charge < -0.3 is 10.2 Å². The summed E-state index contributed by atoms with van der Waals surface area (Å²) in [5, 5.41) is 10.9. The van der Waals surface area contributed by atoms with Gasteiger partial charge in [0.2, 0.25) is 0 Å². The lowest BCUT2D eigenvalue weighted by molar-refractivity contribution is 0.0715. The molecule has 0 saturated carbocycles. The van der Waals surface area contributed by atoms with E-state index in [9.17, 15) is 9.59 Å². The molecular weight excluding hydrogens is 368 g/mol. The van der Waals surface area contributed by atoms with Gasteiger partial charge in [-0.2, -0.15) is 0 Å². The molecule has 0 aliphatic carbocycles. The fraction of sp³-hybridized carbons (Fsp3) is 0.286. The van der Waals surface area contributed by atoms with Crippen LogP contribution in [-0.2, 0) is 13.1 Å². The zero-order valence-corrected chi connectivity index (χ0v) is 15.9. The Morgan fingerprint density at radius 3 is 2.69 bits per heavy atom. The molecule has 1 aliphatic heterocycles. The van der Waals surface area contributed by atoms with Gasteiger partial charge in [0.25, 0.3) is 11.8 Å². The highest BCUT2D eigenvalue weighted by atomic mass is 16.2. The van der Waals surface area contributed by atoms with Crippen LogP contribution in [0.3, 0.4) is 0 Å². The SMILES string of the molecule is O=C(NCc1ccccc1)c1cn(CC2CCCN2C(=O)c2ccccn2)nn1. The molecule has 148 valence electrons. The van der Waals surface area contributed by atoms with Crippen molar-refractivity contribution in [3.05, 3.63) is 77.9 Å². The summed E-state index contributed by atoms with van der Waals surface area (Å²) in [5.74, 6) is -0.345. The van der Waals surface area contributed by atoms with Crippen molar-refractivity contribution in [3.8, 4) is 0 Å². The summed E-state index contributed by atoms with van der Waals surface area (Å²) in [6.45, 7) is 1.62. The summed E-state index contributed by atoms with van der Waals surface area (Å²) >= 11 is 0. The number of rotatable bonds is 6. The van der Waals surface area contributed by atoms with Gasteiger partial charge in [-0.1, -0.05) is 41.6 Å². The quantitative estimate of drug-likeness (QED) is 0.694. The minimum Gasteiger partial charge on any atom is -0.347 e. The zero-order valence-electron chi connectivity index (χ0n) is 15.9. The van der Waals surface area contributed by atoms with Crippen molar-refractivity contribution in [1.82, 2.24) is 30.2 Å². The number of nitrogens with zero attached hydrogens (tertiary/aromatic N) is 5. The van der Waals surface area contributed by atoms with Crippen LogP contribution in [0.5, 0.6) is 0 Å². The van der Waals surface area contributed by atoms with E-state index >= 15 is 0 Å². The van der Waals surface area contributed by atoms with E-state index in [1.165, 1.54) is 0 Å². The maximum absolute atomic E-state index is 12.7. The molecule has 1 saturated heterocycles. The van der Waals surface area contributed by atoms with E-state index in [1.54, 1.807) is 29.2 Å². The Balaban J connectivity index is 1.37. The fourth-order valence-corrected chi connectivity index (χ4v) is 3.51. The van der Waals surface area contributed by atoms with E-state index in [1.807, 2.05) is 41.3 Å². The van der Waals surface area contributed by atoms with Crippen LogP contribution in [0.2, 0.25) is 0 Å². The largest absolute Gasteiger partial charge is 0.347 e. The Morgan fingerprint density at radius 1 is 1.07 bits per heavy atom. The first kappa shape index (κ1) is 18.8. The van der Waals surface area contributed by atoms with Gasteiger partial charge in [0, 0.05) is 19.3 Å². The zero-order chi connectivity index (χ0) is 20.1. The Bertz CT molecular complexity index is 973. The van der Waals surface area contributed by atoms with Crippen LogP contribution in [0.15, 0.2) is 60.9 Å². The normalized spacial score (nSPS) is 16.0. The molecule has 1 unspecified atom stereocenters. The minimum atomic E-state index is -0.270. The Morgan fingerprint density at radius 2 is 1.90 bits per heavy atom. The molecule has 2 amide bonds. The van der Waals surface area contributed by atoms with Gasteiger partial charge in [-0.25, -0.2) is 4.68 Å². The number of carbonyl (C=O) groups excluding carboxylic acids is 2. The van der Waals surface area contributed by atoms with E-state index < -0.39 is 0 Å². The van der Waals surface area contributed by atoms with Gasteiger partial charge in [0.05, 0.1) is 18.8 Å². The molecule has 0 radical (unpaired) electrons. The predicted molar refractivity (Wildman–Crippen MR) is 106 cm³/mol. The van der Waals surface area contributed by atoms with Crippen LogP contribution in [0, 0.1) is 0 Å². The van der Waals surface area contributed by atoms with Gasteiger partial charge in [-0.15, -0.1) is 5.10 Å². The van der Waals surface area contributed by atoms with E-state index in [-0.39, 0.29) is 23.6 Å². The van der Waals surface area contributed by atoms with E-state index in [0.717, 1.165) is 18.4 Å². The molecule has 4 rings (SSSR count). The van der Waals surface area contributed by atoms with Crippen LogP contribution < -0.4 is 5.32 Å². The lowest BCUT2D eigenvalue weighted by Gasteiger charge is -2.24. The van der Waals surface area contributed by atoms with Crippen molar-refractivity contribution in [2.75, 3.05) is 6.54 Å². The lowest BCUT2D eigenvalue weighted by atomic mass is 10.2. The van der Waals surface area contributed by atoms with Gasteiger partial charge in [0.1, 0.15) is 5.69 Å². The third-order valence-corrected chi connectivity index (χ3v) is 4.99. The minimum absolute atomic E-state index is 0.00596. The number of benzene rings is 1. The molecule has 0 bridgehead atoms. The number of nitrogens with one attached hydrogen (secondary N) is 1. The van der Waals surface area contributed by atoms with Crippen LogP contribution in [-0.4, -0.2) is 49.3 Å². The molecule has 2 aromatic heterocycles. The molecule has 1 N–H and O–H groups in total. The van der Waals surface area contributed by atoms with Crippen LogP contribution in [0.4, 0.5) is 0 Å². The first-order valence-corrected chi connectivity index (χ1v) is 9.65. The molecule has 29 heavy (non-hydrogen) atoms. The van der Waals surface area contributed by atoms with Crippen LogP contribution >= 0.6 is 0 Å². The maximum atomic E-state index is 12.7. The molecular formula is C21H22N6O2. The lowest BCUT2D eigenvalue weighted by Crippen LogP contribution is -2.38. The summed E-state index contributed by atoms with van der Waals surface area (Å²) < 4.78 is 1.63. The van der Waals surface area contributed by atoms with Gasteiger partial charge in [-0.3, -0.25) is 14.6 Å². The van der Waals surface area contributed by atoms with Gasteiger partial charge >= 0.3 is 0 Å². The summed E-state index contributed by atoms with van der Waals surface area (Å²) in [6, 6.07) is 15.0. The number of likely N-dealkylation sites (tertiary alicyclic amines) is 1. The topological polar surface area (TPSA) is 93.0 Å². The highest BCUT2D eigenvalue weighted by Crippen LogP contribution is 2.21. The Hall–Kier alpha value is -3.55. The second kappa shape index (κ2) is 8.64. The number of amides is 2. The Labute approximate surface area is 168 Å². The summed E-state index contributed by atoms with van der Waals surface area (Å²) in [5.41, 5.74) is 1.73. The van der Waals surface area contributed by atoms with Crippen molar-refractivity contribution in [3.63, 3.8) is 0 Å². The number of carbonyl (C=O) groups is 2. The van der Waals surface area contributed by atoms with E-state index in [0.29, 0.717) is 25.3 Å². The van der Waals surface area contributed by atoms with Gasteiger partial charge in [-0.05, 0) is 30.5 Å². The number of hydrogen-bond donors (Lipinski definition) is 1. The molecule has 0 spiro atoms. The van der Waals surface area contributed by atoms with Crippen molar-refractivity contribution >= 4 is 11.8 Å². The third-order valence-electron chi connectivity index (χ3n) is 4.99. The molecule has 8 nitrogen and oxygen atoms in total. The standard InChI is InChI=1S/C21H22N6O2/c28-20(23-13-16-7-2-1-3-8-16)19-15-26(25-24-19)14-17-9-6-12-27(17)21(29)18-10-4-5-11-22-18/h1-5,7-8,10-11,15,17H,6,9,12-14H2,(H,23,28). The van der Waals surface area contributed by atoms with E-state index in [2.05, 4.69) is 20.6 Å². The second-order valence-corrected chi connectivity index (χ2v) is 7.00. The van der Waals surface area contributed by atoms with Crippen molar-refractivity contribution in [2.45, 2.75) is 32.0 Å². The predicted octanol–water partition coefficient (Wildman–Crippen LogP) is 1.91. The average Bonchev–Trinajstić information content (AvgIpc) is 3.43. The molecule has 3 aromatic rings. The summed E-state index contributed by atoms with van der Waals surface area (Å²) in [4.78, 5) is 31.1. The number of aromatic nitrogens is 4. The molecule has 1 aliphatic rings. The first-order valence-electron chi connectivity index (χ1n) is 9.65.